The Balaban J connectivity index is 1.30. The molecular formula is C26H22F4N4OS. The van der Waals surface area contributed by atoms with E-state index in [9.17, 15) is 22.4 Å². The zero-order valence-electron chi connectivity index (χ0n) is 19.1. The van der Waals surface area contributed by atoms with Gasteiger partial charge in [-0.2, -0.15) is 24.5 Å². The lowest BCUT2D eigenvalue weighted by atomic mass is 9.96. The molecule has 0 saturated carbocycles. The number of thiophene rings is 1. The molecule has 0 unspecified atom stereocenters. The number of hydrogen-bond acceptors (Lipinski definition) is 5. The summed E-state index contributed by atoms with van der Waals surface area (Å²) in [6.45, 7) is 1.72. The Morgan fingerprint density at radius 2 is 1.83 bits per heavy atom. The van der Waals surface area contributed by atoms with Gasteiger partial charge in [0, 0.05) is 42.3 Å². The minimum Gasteiger partial charge on any atom is -0.369 e. The van der Waals surface area contributed by atoms with Crippen molar-refractivity contribution in [2.24, 2.45) is 5.92 Å². The van der Waals surface area contributed by atoms with Crippen LogP contribution in [0.25, 0.3) is 22.0 Å². The predicted octanol–water partition coefficient (Wildman–Crippen LogP) is 6.48. The lowest BCUT2D eigenvalue weighted by Crippen LogP contribution is -2.39. The van der Waals surface area contributed by atoms with E-state index < -0.39 is 11.9 Å². The maximum Gasteiger partial charge on any atom is 0.433 e. The molecular weight excluding hydrogens is 492 g/mol. The van der Waals surface area contributed by atoms with Gasteiger partial charge in [-0.15, -0.1) is 0 Å². The molecule has 4 heterocycles. The Kier molecular flexibility index (Phi) is 6.61. The van der Waals surface area contributed by atoms with Crippen molar-refractivity contribution in [3.8, 4) is 11.1 Å². The second-order valence-electron chi connectivity index (χ2n) is 8.75. The van der Waals surface area contributed by atoms with Crippen LogP contribution in [0.2, 0.25) is 0 Å². The van der Waals surface area contributed by atoms with Gasteiger partial charge in [-0.05, 0) is 77.5 Å². The Labute approximate surface area is 208 Å². The summed E-state index contributed by atoms with van der Waals surface area (Å²) in [6.07, 6.45) is -1.46. The number of alkyl halides is 3. The van der Waals surface area contributed by atoms with Gasteiger partial charge in [0.15, 0.2) is 0 Å². The summed E-state index contributed by atoms with van der Waals surface area (Å²) in [5, 5.41) is 7.53. The van der Waals surface area contributed by atoms with Crippen molar-refractivity contribution in [2.45, 2.75) is 19.0 Å². The number of nitrogens with zero attached hydrogens (tertiary/aromatic N) is 3. The maximum atomic E-state index is 13.4. The smallest absolute Gasteiger partial charge is 0.369 e. The molecule has 1 amide bonds. The van der Waals surface area contributed by atoms with Gasteiger partial charge in [-0.25, -0.2) is 14.4 Å². The van der Waals surface area contributed by atoms with E-state index in [4.69, 9.17) is 0 Å². The van der Waals surface area contributed by atoms with E-state index in [-0.39, 0.29) is 23.2 Å². The van der Waals surface area contributed by atoms with Gasteiger partial charge >= 0.3 is 6.18 Å². The average molecular weight is 515 g/mol. The highest BCUT2D eigenvalue weighted by molar-refractivity contribution is 7.08. The highest BCUT2D eigenvalue weighted by atomic mass is 32.1. The first kappa shape index (κ1) is 24.2. The maximum absolute atomic E-state index is 13.4. The standard InChI is InChI=1S/C26H22F4N4OS/c27-19-3-1-17(2-4-19)25(35)34-10-7-16(8-11-34)13-31-24-20-5-6-22(26(28,29)30)33-23(20)21(14-32-24)18-9-12-36-15-18/h1-6,9,12,14-16H,7-8,10-11,13H2,(H,31,32). The number of aromatic nitrogens is 2. The van der Waals surface area contributed by atoms with Crippen LogP contribution in [-0.4, -0.2) is 40.4 Å². The quantitative estimate of drug-likeness (QED) is 0.310. The molecule has 5 rings (SSSR count). The van der Waals surface area contributed by atoms with E-state index in [1.165, 1.54) is 41.7 Å². The molecule has 0 radical (unpaired) electrons. The van der Waals surface area contributed by atoms with Gasteiger partial charge in [0.05, 0.1) is 5.52 Å². The van der Waals surface area contributed by atoms with Gasteiger partial charge < -0.3 is 10.2 Å². The molecule has 10 heteroatoms. The van der Waals surface area contributed by atoms with Gasteiger partial charge in [0.25, 0.3) is 5.91 Å². The largest absolute Gasteiger partial charge is 0.433 e. The van der Waals surface area contributed by atoms with Crippen molar-refractivity contribution in [1.29, 1.82) is 0 Å². The highest BCUT2D eigenvalue weighted by Crippen LogP contribution is 2.35. The number of nitrogens with one attached hydrogen (secondary N) is 1. The van der Waals surface area contributed by atoms with Crippen molar-refractivity contribution in [3.63, 3.8) is 0 Å². The van der Waals surface area contributed by atoms with E-state index in [0.717, 1.165) is 24.5 Å². The van der Waals surface area contributed by atoms with E-state index >= 15 is 0 Å². The molecule has 4 aromatic rings. The summed E-state index contributed by atoms with van der Waals surface area (Å²) in [5.74, 6) is 0.239. The topological polar surface area (TPSA) is 58.1 Å². The molecule has 36 heavy (non-hydrogen) atoms. The Bertz CT molecular complexity index is 1370. The first-order chi connectivity index (χ1) is 17.3. The van der Waals surface area contributed by atoms with Crippen LogP contribution < -0.4 is 5.32 Å². The zero-order chi connectivity index (χ0) is 25.3. The van der Waals surface area contributed by atoms with Crippen LogP contribution in [0.3, 0.4) is 0 Å². The van der Waals surface area contributed by atoms with Gasteiger partial charge in [0.1, 0.15) is 17.3 Å². The predicted molar refractivity (Wildman–Crippen MR) is 131 cm³/mol. The second kappa shape index (κ2) is 9.85. The van der Waals surface area contributed by atoms with E-state index in [1.807, 2.05) is 16.8 Å². The molecule has 1 aliphatic rings. The first-order valence-electron chi connectivity index (χ1n) is 11.5. The monoisotopic (exact) mass is 514 g/mol. The fraction of sp³-hybridized carbons (Fsp3) is 0.269. The summed E-state index contributed by atoms with van der Waals surface area (Å²) in [4.78, 5) is 22.9. The number of benzene rings is 1. The van der Waals surface area contributed by atoms with Gasteiger partial charge in [0.2, 0.25) is 0 Å². The number of piperidine rings is 1. The Morgan fingerprint density at radius 1 is 1.08 bits per heavy atom. The molecule has 5 nitrogen and oxygen atoms in total. The molecule has 0 spiro atoms. The number of rotatable bonds is 5. The summed E-state index contributed by atoms with van der Waals surface area (Å²) in [5.41, 5.74) is 1.09. The van der Waals surface area contributed by atoms with Crippen molar-refractivity contribution in [3.05, 3.63) is 76.5 Å². The van der Waals surface area contributed by atoms with Crippen LogP contribution in [0.1, 0.15) is 28.9 Å². The van der Waals surface area contributed by atoms with Crippen molar-refractivity contribution >= 4 is 34.0 Å². The summed E-state index contributed by atoms with van der Waals surface area (Å²) in [6, 6.07) is 9.75. The number of pyridine rings is 2. The number of fused-ring (bicyclic) bond motifs is 1. The van der Waals surface area contributed by atoms with Gasteiger partial charge in [-0.3, -0.25) is 4.79 Å². The van der Waals surface area contributed by atoms with Crippen molar-refractivity contribution < 1.29 is 22.4 Å². The first-order valence-corrected chi connectivity index (χ1v) is 12.4. The van der Waals surface area contributed by atoms with Crippen molar-refractivity contribution in [2.75, 3.05) is 25.0 Å². The van der Waals surface area contributed by atoms with Crippen LogP contribution in [-0.2, 0) is 6.18 Å². The number of anilines is 1. The van der Waals surface area contributed by atoms with Crippen LogP contribution >= 0.6 is 11.3 Å². The highest BCUT2D eigenvalue weighted by Gasteiger charge is 2.33. The lowest BCUT2D eigenvalue weighted by Gasteiger charge is -2.32. The molecule has 1 N–H and O–H groups in total. The number of halogens is 4. The van der Waals surface area contributed by atoms with E-state index in [0.29, 0.717) is 42.0 Å². The number of amides is 1. The molecule has 3 aromatic heterocycles. The van der Waals surface area contributed by atoms with Crippen LogP contribution in [0.4, 0.5) is 23.4 Å². The molecule has 1 fully saturated rings. The summed E-state index contributed by atoms with van der Waals surface area (Å²) >= 11 is 1.45. The molecule has 0 aliphatic carbocycles. The second-order valence-corrected chi connectivity index (χ2v) is 9.53. The lowest BCUT2D eigenvalue weighted by molar-refractivity contribution is -0.140. The molecule has 1 aliphatic heterocycles. The normalized spacial score (nSPS) is 14.8. The minimum atomic E-state index is -4.55. The third-order valence-electron chi connectivity index (χ3n) is 6.40. The van der Waals surface area contributed by atoms with E-state index in [1.54, 1.807) is 11.1 Å². The van der Waals surface area contributed by atoms with Crippen molar-refractivity contribution in [1.82, 2.24) is 14.9 Å². The van der Waals surface area contributed by atoms with E-state index in [2.05, 4.69) is 15.3 Å². The molecule has 0 bridgehead atoms. The third kappa shape index (κ3) is 5.04. The molecule has 1 saturated heterocycles. The Hall–Kier alpha value is -3.53. The number of likely N-dealkylation sites (tertiary alicyclic amines) is 1. The molecule has 186 valence electrons. The zero-order valence-corrected chi connectivity index (χ0v) is 19.9. The SMILES string of the molecule is O=C(c1ccc(F)cc1)N1CCC(CNc2ncc(-c3ccsc3)c3nc(C(F)(F)F)ccc23)CC1. The fourth-order valence-corrected chi connectivity index (χ4v) is 5.06. The number of carbonyl (C=O) groups is 1. The van der Waals surface area contributed by atoms with Gasteiger partial charge in [-0.1, -0.05) is 0 Å². The van der Waals surface area contributed by atoms with Crippen LogP contribution in [0, 0.1) is 11.7 Å². The third-order valence-corrected chi connectivity index (χ3v) is 7.09. The van der Waals surface area contributed by atoms with Crippen LogP contribution in [0.5, 0.6) is 0 Å². The Morgan fingerprint density at radius 3 is 2.50 bits per heavy atom. The minimum absolute atomic E-state index is 0.121. The number of carbonyl (C=O) groups excluding carboxylic acids is 1. The molecule has 1 aromatic carbocycles. The summed E-state index contributed by atoms with van der Waals surface area (Å²) in [7, 11) is 0. The molecule has 0 atom stereocenters. The fourth-order valence-electron chi connectivity index (χ4n) is 4.40. The number of hydrogen-bond donors (Lipinski definition) is 1. The van der Waals surface area contributed by atoms with Crippen LogP contribution in [0.15, 0.2) is 59.4 Å². The summed E-state index contributed by atoms with van der Waals surface area (Å²) < 4.78 is 53.2. The average Bonchev–Trinajstić information content (AvgIpc) is 3.41.